The first-order valence-corrected chi connectivity index (χ1v) is 5.41. The molecule has 0 unspecified atom stereocenters. The zero-order chi connectivity index (χ0) is 12.4. The molecule has 1 saturated carbocycles. The maximum Gasteiger partial charge on any atom is 0.335 e. The van der Waals surface area contributed by atoms with Gasteiger partial charge in [-0.3, -0.25) is 4.79 Å². The van der Waals surface area contributed by atoms with Crippen LogP contribution in [0.2, 0.25) is 0 Å². The molecule has 1 amide bonds. The normalized spacial score (nSPS) is 15.1. The van der Waals surface area contributed by atoms with Crippen molar-refractivity contribution < 1.29 is 19.1 Å². The number of rotatable bonds is 3. The standard InChI is InChI=1S/C12H12FNO3/c13-9-5-4-8(12(16)17)6-10(9)14-11(15)7-2-1-3-7/h4-7H,1-3H2,(H,14,15)(H,16,17). The summed E-state index contributed by atoms with van der Waals surface area (Å²) in [5.74, 6) is -2.08. The van der Waals surface area contributed by atoms with Gasteiger partial charge in [0.15, 0.2) is 0 Å². The molecule has 1 aliphatic carbocycles. The summed E-state index contributed by atoms with van der Waals surface area (Å²) in [5.41, 5.74) is -0.114. The number of hydrogen-bond acceptors (Lipinski definition) is 2. The molecule has 0 saturated heterocycles. The Balaban J connectivity index is 2.16. The van der Waals surface area contributed by atoms with Crippen molar-refractivity contribution in [1.82, 2.24) is 0 Å². The number of aromatic carboxylic acids is 1. The molecule has 0 radical (unpaired) electrons. The van der Waals surface area contributed by atoms with Crippen LogP contribution in [0.25, 0.3) is 0 Å². The lowest BCUT2D eigenvalue weighted by atomic mass is 9.85. The van der Waals surface area contributed by atoms with Gasteiger partial charge in [0, 0.05) is 5.92 Å². The molecule has 2 N–H and O–H groups in total. The van der Waals surface area contributed by atoms with Gasteiger partial charge in [-0.2, -0.15) is 0 Å². The summed E-state index contributed by atoms with van der Waals surface area (Å²) < 4.78 is 13.4. The molecule has 1 fully saturated rings. The zero-order valence-corrected chi connectivity index (χ0v) is 9.07. The third kappa shape index (κ3) is 2.43. The molecular formula is C12H12FNO3. The van der Waals surface area contributed by atoms with Crippen LogP contribution in [-0.2, 0) is 4.79 Å². The van der Waals surface area contributed by atoms with Crippen molar-refractivity contribution in [2.45, 2.75) is 19.3 Å². The van der Waals surface area contributed by atoms with E-state index in [4.69, 9.17) is 5.11 Å². The Hall–Kier alpha value is -1.91. The summed E-state index contributed by atoms with van der Waals surface area (Å²) in [6, 6.07) is 3.34. The quantitative estimate of drug-likeness (QED) is 0.847. The van der Waals surface area contributed by atoms with Crippen molar-refractivity contribution in [3.8, 4) is 0 Å². The van der Waals surface area contributed by atoms with E-state index in [1.54, 1.807) is 0 Å². The molecule has 5 heteroatoms. The summed E-state index contributed by atoms with van der Waals surface area (Å²) in [6.07, 6.45) is 2.63. The molecule has 0 atom stereocenters. The van der Waals surface area contributed by atoms with Crippen molar-refractivity contribution in [3.63, 3.8) is 0 Å². The molecule has 0 aliphatic heterocycles. The van der Waals surface area contributed by atoms with E-state index < -0.39 is 11.8 Å². The summed E-state index contributed by atoms with van der Waals surface area (Å²) in [4.78, 5) is 22.3. The van der Waals surface area contributed by atoms with Crippen LogP contribution in [0.15, 0.2) is 18.2 Å². The largest absolute Gasteiger partial charge is 0.478 e. The molecular weight excluding hydrogens is 225 g/mol. The van der Waals surface area contributed by atoms with Gasteiger partial charge in [0.2, 0.25) is 5.91 Å². The highest BCUT2D eigenvalue weighted by Crippen LogP contribution is 2.28. The molecule has 0 aromatic heterocycles. The number of carbonyl (C=O) groups excluding carboxylic acids is 1. The Morgan fingerprint density at radius 2 is 2.06 bits per heavy atom. The number of carboxylic acids is 1. The lowest BCUT2D eigenvalue weighted by molar-refractivity contribution is -0.122. The first kappa shape index (κ1) is 11.6. The molecule has 1 aromatic carbocycles. The number of hydrogen-bond donors (Lipinski definition) is 2. The molecule has 0 heterocycles. The smallest absolute Gasteiger partial charge is 0.335 e. The average Bonchev–Trinajstić information content (AvgIpc) is 2.18. The van der Waals surface area contributed by atoms with E-state index in [2.05, 4.69) is 5.32 Å². The fourth-order valence-corrected chi connectivity index (χ4v) is 1.66. The number of benzene rings is 1. The maximum atomic E-state index is 13.4. The molecule has 90 valence electrons. The van der Waals surface area contributed by atoms with Gasteiger partial charge in [-0.15, -0.1) is 0 Å². The highest BCUT2D eigenvalue weighted by molar-refractivity contribution is 5.95. The van der Waals surface area contributed by atoms with Crippen LogP contribution in [0.4, 0.5) is 10.1 Å². The van der Waals surface area contributed by atoms with Gasteiger partial charge in [-0.05, 0) is 31.0 Å². The Morgan fingerprint density at radius 1 is 1.35 bits per heavy atom. The van der Waals surface area contributed by atoms with E-state index in [-0.39, 0.29) is 23.1 Å². The van der Waals surface area contributed by atoms with Gasteiger partial charge in [-0.25, -0.2) is 9.18 Å². The fraction of sp³-hybridized carbons (Fsp3) is 0.333. The zero-order valence-electron chi connectivity index (χ0n) is 9.07. The maximum absolute atomic E-state index is 13.4. The summed E-state index contributed by atoms with van der Waals surface area (Å²) in [6.45, 7) is 0. The first-order valence-electron chi connectivity index (χ1n) is 5.41. The summed E-state index contributed by atoms with van der Waals surface area (Å²) in [7, 11) is 0. The second kappa shape index (κ2) is 4.53. The second-order valence-corrected chi connectivity index (χ2v) is 4.12. The van der Waals surface area contributed by atoms with Crippen molar-refractivity contribution >= 4 is 17.6 Å². The second-order valence-electron chi connectivity index (χ2n) is 4.12. The van der Waals surface area contributed by atoms with Gasteiger partial charge in [0.25, 0.3) is 0 Å². The highest BCUT2D eigenvalue weighted by Gasteiger charge is 2.25. The van der Waals surface area contributed by atoms with E-state index in [9.17, 15) is 14.0 Å². The lowest BCUT2D eigenvalue weighted by Crippen LogP contribution is -2.28. The minimum Gasteiger partial charge on any atom is -0.478 e. The Bertz CT molecular complexity index is 469. The SMILES string of the molecule is O=C(O)c1ccc(F)c(NC(=O)C2CCC2)c1. The van der Waals surface area contributed by atoms with E-state index in [1.165, 1.54) is 0 Å². The summed E-state index contributed by atoms with van der Waals surface area (Å²) in [5, 5.41) is 11.2. The monoisotopic (exact) mass is 237 g/mol. The average molecular weight is 237 g/mol. The molecule has 4 nitrogen and oxygen atoms in total. The first-order chi connectivity index (χ1) is 8.08. The highest BCUT2D eigenvalue weighted by atomic mass is 19.1. The van der Waals surface area contributed by atoms with Gasteiger partial charge in [-0.1, -0.05) is 6.42 Å². The van der Waals surface area contributed by atoms with Crippen molar-refractivity contribution in [3.05, 3.63) is 29.6 Å². The number of carboxylic acid groups (broad SMARTS) is 1. The molecule has 0 spiro atoms. The van der Waals surface area contributed by atoms with Crippen LogP contribution < -0.4 is 5.32 Å². The van der Waals surface area contributed by atoms with Crippen LogP contribution in [0.1, 0.15) is 29.6 Å². The minimum absolute atomic E-state index is 0.0460. The minimum atomic E-state index is -1.15. The third-order valence-corrected chi connectivity index (χ3v) is 2.95. The van der Waals surface area contributed by atoms with Crippen molar-refractivity contribution in [2.75, 3.05) is 5.32 Å². The van der Waals surface area contributed by atoms with Gasteiger partial charge >= 0.3 is 5.97 Å². The van der Waals surface area contributed by atoms with Gasteiger partial charge in [0.05, 0.1) is 11.3 Å². The summed E-state index contributed by atoms with van der Waals surface area (Å²) >= 11 is 0. The van der Waals surface area contributed by atoms with E-state index in [0.717, 1.165) is 37.5 Å². The van der Waals surface area contributed by atoms with Crippen LogP contribution in [0.5, 0.6) is 0 Å². The third-order valence-electron chi connectivity index (χ3n) is 2.95. The number of halogens is 1. The topological polar surface area (TPSA) is 66.4 Å². The van der Waals surface area contributed by atoms with E-state index in [1.807, 2.05) is 0 Å². The lowest BCUT2D eigenvalue weighted by Gasteiger charge is -2.24. The Kier molecular flexibility index (Phi) is 3.08. The molecule has 1 aromatic rings. The molecule has 0 bridgehead atoms. The van der Waals surface area contributed by atoms with Crippen LogP contribution in [0.3, 0.4) is 0 Å². The van der Waals surface area contributed by atoms with E-state index in [0.29, 0.717) is 0 Å². The van der Waals surface area contributed by atoms with Crippen LogP contribution >= 0.6 is 0 Å². The van der Waals surface area contributed by atoms with Crippen LogP contribution in [0, 0.1) is 11.7 Å². The number of anilines is 1. The molecule has 1 aliphatic rings. The molecule has 17 heavy (non-hydrogen) atoms. The fourth-order valence-electron chi connectivity index (χ4n) is 1.66. The van der Waals surface area contributed by atoms with Gasteiger partial charge in [0.1, 0.15) is 5.82 Å². The van der Waals surface area contributed by atoms with Crippen molar-refractivity contribution in [2.24, 2.45) is 5.92 Å². The predicted molar refractivity (Wildman–Crippen MR) is 59.3 cm³/mol. The predicted octanol–water partition coefficient (Wildman–Crippen LogP) is 2.26. The number of nitrogens with one attached hydrogen (secondary N) is 1. The number of carbonyl (C=O) groups is 2. The van der Waals surface area contributed by atoms with E-state index >= 15 is 0 Å². The van der Waals surface area contributed by atoms with Crippen molar-refractivity contribution in [1.29, 1.82) is 0 Å². The number of amides is 1. The Labute approximate surface area is 97.4 Å². The van der Waals surface area contributed by atoms with Gasteiger partial charge < -0.3 is 10.4 Å². The van der Waals surface area contributed by atoms with Crippen LogP contribution in [-0.4, -0.2) is 17.0 Å². The Morgan fingerprint density at radius 3 is 2.59 bits per heavy atom. The molecule has 2 rings (SSSR count).